The quantitative estimate of drug-likeness (QED) is 0.761. The van der Waals surface area contributed by atoms with E-state index in [2.05, 4.69) is 16.3 Å². The fourth-order valence-electron chi connectivity index (χ4n) is 1.12. The monoisotopic (exact) mass is 191 g/mol. The predicted molar refractivity (Wildman–Crippen MR) is 54.6 cm³/mol. The van der Waals surface area contributed by atoms with E-state index in [0.717, 1.165) is 12.4 Å². The summed E-state index contributed by atoms with van der Waals surface area (Å²) in [7, 11) is 0. The number of hydrogen-bond acceptors (Lipinski definition) is 5. The van der Waals surface area contributed by atoms with Gasteiger partial charge < -0.3 is 10.6 Å². The molecule has 1 aromatic rings. The first kappa shape index (κ1) is 10.3. The highest BCUT2D eigenvalue weighted by Gasteiger charge is 2.04. The molecule has 0 aliphatic rings. The van der Waals surface area contributed by atoms with E-state index in [1.165, 1.54) is 0 Å². The van der Waals surface area contributed by atoms with Crippen molar-refractivity contribution in [3.05, 3.63) is 12.1 Å². The van der Waals surface area contributed by atoms with Crippen molar-refractivity contribution in [2.24, 2.45) is 0 Å². The summed E-state index contributed by atoms with van der Waals surface area (Å²) >= 11 is 0. The zero-order chi connectivity index (χ0) is 10.4. The minimum absolute atomic E-state index is 0.407. The van der Waals surface area contributed by atoms with E-state index in [4.69, 9.17) is 11.0 Å². The molecule has 14 heavy (non-hydrogen) atoms. The van der Waals surface area contributed by atoms with E-state index in [9.17, 15) is 0 Å². The number of nitrogens with two attached hydrogens (primary N) is 1. The van der Waals surface area contributed by atoms with Gasteiger partial charge in [-0.3, -0.25) is 0 Å². The van der Waals surface area contributed by atoms with Crippen LogP contribution in [-0.4, -0.2) is 23.3 Å². The molecule has 2 N–H and O–H groups in total. The Labute approximate surface area is 83.2 Å². The van der Waals surface area contributed by atoms with Crippen LogP contribution >= 0.6 is 0 Å². The van der Waals surface area contributed by atoms with E-state index in [-0.39, 0.29) is 0 Å². The fourth-order valence-corrected chi connectivity index (χ4v) is 1.12. The third-order valence-corrected chi connectivity index (χ3v) is 1.87. The summed E-state index contributed by atoms with van der Waals surface area (Å²) in [5.41, 5.74) is 5.42. The number of rotatable bonds is 4. The Hall–Kier alpha value is -1.83. The lowest BCUT2D eigenvalue weighted by molar-refractivity contribution is 0.796. The van der Waals surface area contributed by atoms with E-state index >= 15 is 0 Å². The first-order chi connectivity index (χ1) is 6.77. The summed E-state index contributed by atoms with van der Waals surface area (Å²) < 4.78 is 0. The van der Waals surface area contributed by atoms with Crippen molar-refractivity contribution in [3.8, 4) is 6.07 Å². The predicted octanol–water partition coefficient (Wildman–Crippen LogP) is 0.799. The Balaban J connectivity index is 2.69. The van der Waals surface area contributed by atoms with Gasteiger partial charge in [-0.15, -0.1) is 10.2 Å². The van der Waals surface area contributed by atoms with Crippen LogP contribution in [0.2, 0.25) is 0 Å². The molecule has 0 fully saturated rings. The molecule has 5 heteroatoms. The van der Waals surface area contributed by atoms with Crippen LogP contribution in [0.1, 0.15) is 13.3 Å². The number of nitrogen functional groups attached to an aromatic ring is 1. The SMILES string of the molecule is CCN(CCC#N)c1ccc(N)nn1. The third-order valence-electron chi connectivity index (χ3n) is 1.87. The van der Waals surface area contributed by atoms with Crippen LogP contribution in [0.4, 0.5) is 11.6 Å². The van der Waals surface area contributed by atoms with Gasteiger partial charge in [-0.05, 0) is 19.1 Å². The Morgan fingerprint density at radius 3 is 2.79 bits per heavy atom. The summed E-state index contributed by atoms with van der Waals surface area (Å²) in [6.07, 6.45) is 0.486. The van der Waals surface area contributed by atoms with Crippen LogP contribution in [0, 0.1) is 11.3 Å². The molecule has 0 aliphatic carbocycles. The lowest BCUT2D eigenvalue weighted by Gasteiger charge is -2.19. The average Bonchev–Trinajstić information content (AvgIpc) is 2.21. The topological polar surface area (TPSA) is 78.8 Å². The molecule has 0 aliphatic heterocycles. The van der Waals surface area contributed by atoms with Crippen LogP contribution in [0.15, 0.2) is 12.1 Å². The number of nitriles is 1. The summed E-state index contributed by atoms with van der Waals surface area (Å²) in [6.45, 7) is 3.49. The largest absolute Gasteiger partial charge is 0.382 e. The van der Waals surface area contributed by atoms with Crippen molar-refractivity contribution < 1.29 is 0 Å². The van der Waals surface area contributed by atoms with Crippen LogP contribution in [0.3, 0.4) is 0 Å². The van der Waals surface area contributed by atoms with Crippen LogP contribution in [0.5, 0.6) is 0 Å². The second-order valence-electron chi connectivity index (χ2n) is 2.80. The molecule has 1 heterocycles. The van der Waals surface area contributed by atoms with Gasteiger partial charge in [0, 0.05) is 13.1 Å². The molecule has 0 atom stereocenters. The van der Waals surface area contributed by atoms with E-state index < -0.39 is 0 Å². The van der Waals surface area contributed by atoms with Gasteiger partial charge in [0.1, 0.15) is 5.82 Å². The molecule has 0 radical (unpaired) electrons. The van der Waals surface area contributed by atoms with Crippen molar-refractivity contribution in [3.63, 3.8) is 0 Å². The number of hydrogen-bond donors (Lipinski definition) is 1. The maximum absolute atomic E-state index is 8.47. The second-order valence-corrected chi connectivity index (χ2v) is 2.80. The lowest BCUT2D eigenvalue weighted by atomic mass is 10.4. The summed E-state index contributed by atoms with van der Waals surface area (Å²) in [5.74, 6) is 1.17. The molecule has 5 nitrogen and oxygen atoms in total. The molecule has 74 valence electrons. The summed E-state index contributed by atoms with van der Waals surface area (Å²) in [5, 5.41) is 16.2. The van der Waals surface area contributed by atoms with Crippen molar-refractivity contribution in [2.75, 3.05) is 23.7 Å². The van der Waals surface area contributed by atoms with Gasteiger partial charge >= 0.3 is 0 Å². The molecule has 0 bridgehead atoms. The number of nitrogens with zero attached hydrogens (tertiary/aromatic N) is 4. The first-order valence-electron chi connectivity index (χ1n) is 4.49. The van der Waals surface area contributed by atoms with Gasteiger partial charge in [0.25, 0.3) is 0 Å². The molecule has 0 spiro atoms. The zero-order valence-electron chi connectivity index (χ0n) is 8.14. The highest BCUT2D eigenvalue weighted by Crippen LogP contribution is 2.09. The Bertz CT molecular complexity index is 313. The highest BCUT2D eigenvalue weighted by atomic mass is 15.3. The second kappa shape index (κ2) is 5.02. The third kappa shape index (κ3) is 2.59. The van der Waals surface area contributed by atoms with Crippen molar-refractivity contribution in [1.82, 2.24) is 10.2 Å². The molecular formula is C9H13N5. The van der Waals surface area contributed by atoms with Gasteiger partial charge in [0.2, 0.25) is 0 Å². The minimum atomic E-state index is 0.407. The molecule has 1 rings (SSSR count). The first-order valence-corrected chi connectivity index (χ1v) is 4.49. The van der Waals surface area contributed by atoms with Gasteiger partial charge in [-0.1, -0.05) is 0 Å². The zero-order valence-corrected chi connectivity index (χ0v) is 8.14. The van der Waals surface area contributed by atoms with Gasteiger partial charge in [0.15, 0.2) is 5.82 Å². The van der Waals surface area contributed by atoms with Crippen LogP contribution in [0.25, 0.3) is 0 Å². The molecule has 0 aromatic carbocycles. The lowest BCUT2D eigenvalue weighted by Crippen LogP contribution is -2.24. The maximum Gasteiger partial charge on any atom is 0.151 e. The molecule has 0 unspecified atom stereocenters. The summed E-state index contributed by atoms with van der Waals surface area (Å²) in [6, 6.07) is 5.61. The van der Waals surface area contributed by atoms with Crippen LogP contribution < -0.4 is 10.6 Å². The van der Waals surface area contributed by atoms with Crippen molar-refractivity contribution in [2.45, 2.75) is 13.3 Å². The summed E-state index contributed by atoms with van der Waals surface area (Å²) in [4.78, 5) is 1.98. The van der Waals surface area contributed by atoms with Crippen molar-refractivity contribution >= 4 is 11.6 Å². The van der Waals surface area contributed by atoms with E-state index in [1.807, 2.05) is 17.9 Å². The number of aromatic nitrogens is 2. The van der Waals surface area contributed by atoms with E-state index in [0.29, 0.717) is 18.8 Å². The Morgan fingerprint density at radius 2 is 2.29 bits per heavy atom. The van der Waals surface area contributed by atoms with Gasteiger partial charge in [-0.2, -0.15) is 5.26 Å². The average molecular weight is 191 g/mol. The van der Waals surface area contributed by atoms with Gasteiger partial charge in [0.05, 0.1) is 12.5 Å². The fraction of sp³-hybridized carbons (Fsp3) is 0.444. The number of anilines is 2. The molecular weight excluding hydrogens is 178 g/mol. The normalized spacial score (nSPS) is 9.43. The maximum atomic E-state index is 8.47. The minimum Gasteiger partial charge on any atom is -0.382 e. The smallest absolute Gasteiger partial charge is 0.151 e. The molecule has 1 aromatic heterocycles. The highest BCUT2D eigenvalue weighted by molar-refractivity contribution is 5.41. The molecule has 0 saturated heterocycles. The van der Waals surface area contributed by atoms with Crippen LogP contribution in [-0.2, 0) is 0 Å². The van der Waals surface area contributed by atoms with Crippen molar-refractivity contribution in [1.29, 1.82) is 5.26 Å². The Morgan fingerprint density at radius 1 is 1.50 bits per heavy atom. The van der Waals surface area contributed by atoms with Gasteiger partial charge in [-0.25, -0.2) is 0 Å². The Kier molecular flexibility index (Phi) is 3.68. The standard InChI is InChI=1S/C9H13N5/c1-2-14(7-3-6-10)9-5-4-8(11)12-13-9/h4-5H,2-3,7H2,1H3,(H2,11,12). The molecule has 0 saturated carbocycles. The molecule has 0 amide bonds. The van der Waals surface area contributed by atoms with E-state index in [1.54, 1.807) is 6.07 Å².